The summed E-state index contributed by atoms with van der Waals surface area (Å²) < 4.78 is 10.1. The minimum absolute atomic E-state index is 0.113. The van der Waals surface area contributed by atoms with Gasteiger partial charge in [0.25, 0.3) is 0 Å². The maximum atomic E-state index is 12.3. The molecule has 2 rings (SSSR count). The molecule has 0 aromatic heterocycles. The van der Waals surface area contributed by atoms with Crippen LogP contribution in [0.5, 0.6) is 0 Å². The molecular weight excluding hydrogens is 387 g/mol. The summed E-state index contributed by atoms with van der Waals surface area (Å²) in [5, 5.41) is 2.65. The highest BCUT2D eigenvalue weighted by molar-refractivity contribution is 8.00. The van der Waals surface area contributed by atoms with Crippen molar-refractivity contribution in [3.8, 4) is 0 Å². The lowest BCUT2D eigenvalue weighted by atomic mass is 10.2. The quantitative estimate of drug-likeness (QED) is 0.699. The Balaban J connectivity index is 2.14. The van der Waals surface area contributed by atoms with Crippen LogP contribution in [0.25, 0.3) is 0 Å². The second kappa shape index (κ2) is 9.40. The van der Waals surface area contributed by atoms with Crippen LogP contribution < -0.4 is 0 Å². The number of carbonyl (C=O) groups is 2. The highest BCUT2D eigenvalue weighted by atomic mass is 35.5. The van der Waals surface area contributed by atoms with Crippen molar-refractivity contribution in [3.63, 3.8) is 0 Å². The van der Waals surface area contributed by atoms with E-state index >= 15 is 0 Å². The van der Waals surface area contributed by atoms with Crippen LogP contribution in [0.1, 0.15) is 13.8 Å². The van der Waals surface area contributed by atoms with E-state index in [4.69, 9.17) is 32.7 Å². The van der Waals surface area contributed by atoms with Gasteiger partial charge in [-0.25, -0.2) is 19.6 Å². The molecule has 2 amide bonds. The van der Waals surface area contributed by atoms with Gasteiger partial charge in [0, 0.05) is 15.2 Å². The zero-order chi connectivity index (χ0) is 18.4. The molecule has 1 fully saturated rings. The van der Waals surface area contributed by atoms with E-state index < -0.39 is 12.2 Å². The lowest BCUT2D eigenvalue weighted by Gasteiger charge is -2.42. The van der Waals surface area contributed by atoms with Gasteiger partial charge in [0.2, 0.25) is 0 Å². The van der Waals surface area contributed by atoms with Crippen LogP contribution in [0.4, 0.5) is 9.59 Å². The van der Waals surface area contributed by atoms with Crippen LogP contribution >= 0.6 is 35.0 Å². The summed E-state index contributed by atoms with van der Waals surface area (Å²) >= 11 is 13.9. The van der Waals surface area contributed by atoms with Crippen molar-refractivity contribution in [1.29, 1.82) is 0 Å². The first-order valence-electron chi connectivity index (χ1n) is 7.91. The van der Waals surface area contributed by atoms with Gasteiger partial charge in [-0.3, -0.25) is 0 Å². The van der Waals surface area contributed by atoms with Crippen molar-refractivity contribution in [2.75, 3.05) is 26.3 Å². The molecule has 138 valence electrons. The molecule has 1 saturated heterocycles. The lowest BCUT2D eigenvalue weighted by molar-refractivity contribution is -0.0330. The predicted molar refractivity (Wildman–Crippen MR) is 98.2 cm³/mol. The van der Waals surface area contributed by atoms with E-state index in [2.05, 4.69) is 0 Å². The summed E-state index contributed by atoms with van der Waals surface area (Å²) in [4.78, 5) is 25.4. The van der Waals surface area contributed by atoms with Gasteiger partial charge < -0.3 is 9.47 Å². The fourth-order valence-electron chi connectivity index (χ4n) is 2.31. The third kappa shape index (κ3) is 5.33. The van der Waals surface area contributed by atoms with E-state index in [9.17, 15) is 9.59 Å². The molecule has 6 nitrogen and oxygen atoms in total. The Hall–Kier alpha value is -1.31. The van der Waals surface area contributed by atoms with Gasteiger partial charge in [0.15, 0.2) is 0 Å². The molecule has 0 N–H and O–H groups in total. The number of nitrogens with zero attached hydrogens (tertiary/aromatic N) is 2. The second-order valence-electron chi connectivity index (χ2n) is 5.19. The third-order valence-electron chi connectivity index (χ3n) is 3.45. The molecular formula is C16H20Cl2N2O4S. The molecule has 1 unspecified atom stereocenters. The molecule has 0 saturated carbocycles. The first-order chi connectivity index (χ1) is 12.0. The molecule has 25 heavy (non-hydrogen) atoms. The van der Waals surface area contributed by atoms with Crippen LogP contribution in [-0.4, -0.2) is 59.1 Å². The van der Waals surface area contributed by atoms with Gasteiger partial charge >= 0.3 is 12.2 Å². The summed E-state index contributed by atoms with van der Waals surface area (Å²) in [5.41, 5.74) is 0. The molecule has 0 aliphatic carbocycles. The van der Waals surface area contributed by atoms with Crippen molar-refractivity contribution in [3.05, 3.63) is 29.3 Å². The van der Waals surface area contributed by atoms with Gasteiger partial charge in [-0.1, -0.05) is 11.6 Å². The van der Waals surface area contributed by atoms with Crippen LogP contribution in [0, 0.1) is 0 Å². The van der Waals surface area contributed by atoms with Crippen molar-refractivity contribution >= 4 is 47.2 Å². The number of hydrogen-bond acceptors (Lipinski definition) is 5. The summed E-state index contributed by atoms with van der Waals surface area (Å²) in [5.74, 6) is 0. The smallest absolute Gasteiger partial charge is 0.428 e. The second-order valence-corrected chi connectivity index (χ2v) is 7.50. The van der Waals surface area contributed by atoms with E-state index in [0.29, 0.717) is 5.02 Å². The number of carbonyl (C=O) groups excluding carboxylic acids is 2. The molecule has 1 aliphatic rings. The molecule has 9 heteroatoms. The van der Waals surface area contributed by atoms with Gasteiger partial charge in [-0.05, 0) is 38.1 Å². The molecule has 1 aromatic rings. The normalized spacial score (nSPS) is 20.3. The number of hydrazine groups is 1. The average Bonchev–Trinajstić information content (AvgIpc) is 2.58. The number of rotatable bonds is 4. The van der Waals surface area contributed by atoms with E-state index in [1.165, 1.54) is 21.8 Å². The van der Waals surface area contributed by atoms with Crippen molar-refractivity contribution in [2.24, 2.45) is 0 Å². The van der Waals surface area contributed by atoms with Gasteiger partial charge in [-0.15, -0.1) is 23.4 Å². The Morgan fingerprint density at radius 2 is 1.60 bits per heavy atom. The number of halogens is 2. The summed E-state index contributed by atoms with van der Waals surface area (Å²) in [7, 11) is 0. The van der Waals surface area contributed by atoms with E-state index in [0.717, 1.165) is 4.90 Å². The molecule has 1 aromatic carbocycles. The number of ether oxygens (including phenoxy) is 2. The lowest BCUT2D eigenvalue weighted by Crippen LogP contribution is -2.60. The summed E-state index contributed by atoms with van der Waals surface area (Å²) in [6.07, 6.45) is -1.21. The number of thioether (sulfide) groups is 1. The van der Waals surface area contributed by atoms with E-state index in [1.54, 1.807) is 26.0 Å². The van der Waals surface area contributed by atoms with Crippen molar-refractivity contribution < 1.29 is 19.1 Å². The monoisotopic (exact) mass is 406 g/mol. The van der Waals surface area contributed by atoms with Crippen molar-refractivity contribution in [1.82, 2.24) is 10.0 Å². The SMILES string of the molecule is CCOC(=O)N1CC(Sc2ccc(Cl)cc2)[C@@H](Cl)CN1C(=O)OCC. The largest absolute Gasteiger partial charge is 0.448 e. The molecule has 0 radical (unpaired) electrons. The Labute approximate surface area is 161 Å². The third-order valence-corrected chi connectivity index (χ3v) is 5.62. The van der Waals surface area contributed by atoms with Gasteiger partial charge in [0.1, 0.15) is 0 Å². The number of alkyl halides is 1. The maximum absolute atomic E-state index is 12.3. The predicted octanol–water partition coefficient (Wildman–Crippen LogP) is 4.25. The summed E-state index contributed by atoms with van der Waals surface area (Å²) in [6, 6.07) is 7.38. The van der Waals surface area contributed by atoms with Crippen LogP contribution in [0.2, 0.25) is 5.02 Å². The first-order valence-corrected chi connectivity index (χ1v) is 9.60. The molecule has 2 atom stereocenters. The molecule has 0 bridgehead atoms. The standard InChI is InChI=1S/C16H20Cl2N2O4S/c1-3-23-15(21)19-9-13(18)14(10-20(19)16(22)24-4-2)25-12-7-5-11(17)6-8-12/h5-8,13-14H,3-4,9-10H2,1-2H3/t13-,14?/m0/s1. The number of hydrogen-bond donors (Lipinski definition) is 0. The van der Waals surface area contributed by atoms with Crippen LogP contribution in [0.15, 0.2) is 29.2 Å². The topological polar surface area (TPSA) is 59.1 Å². The fraction of sp³-hybridized carbons (Fsp3) is 0.500. The zero-order valence-electron chi connectivity index (χ0n) is 14.0. The van der Waals surface area contributed by atoms with E-state index in [1.807, 2.05) is 12.1 Å². The molecule has 1 heterocycles. The highest BCUT2D eigenvalue weighted by Gasteiger charge is 2.40. The van der Waals surface area contributed by atoms with E-state index in [-0.39, 0.29) is 36.9 Å². The zero-order valence-corrected chi connectivity index (χ0v) is 16.3. The Kier molecular flexibility index (Phi) is 7.53. The Morgan fingerprint density at radius 3 is 2.12 bits per heavy atom. The average molecular weight is 407 g/mol. The maximum Gasteiger partial charge on any atom is 0.428 e. The van der Waals surface area contributed by atoms with Gasteiger partial charge in [-0.2, -0.15) is 0 Å². The first kappa shape index (κ1) is 20.0. The van der Waals surface area contributed by atoms with Crippen molar-refractivity contribution in [2.45, 2.75) is 29.4 Å². The summed E-state index contributed by atoms with van der Waals surface area (Å²) in [6.45, 7) is 4.23. The van der Waals surface area contributed by atoms with Crippen LogP contribution in [-0.2, 0) is 9.47 Å². The molecule has 1 aliphatic heterocycles. The van der Waals surface area contributed by atoms with Gasteiger partial charge in [0.05, 0.1) is 31.7 Å². The minimum atomic E-state index is -0.615. The highest BCUT2D eigenvalue weighted by Crippen LogP contribution is 2.33. The van der Waals surface area contributed by atoms with Crippen LogP contribution in [0.3, 0.4) is 0 Å². The number of amides is 2. The molecule has 0 spiro atoms. The fourth-order valence-corrected chi connectivity index (χ4v) is 3.89. The minimum Gasteiger partial charge on any atom is -0.448 e. The Morgan fingerprint density at radius 1 is 1.08 bits per heavy atom. The Bertz CT molecular complexity index is 602. The number of benzene rings is 1.